The van der Waals surface area contributed by atoms with Crippen LogP contribution in [0.25, 0.3) is 10.6 Å². The Morgan fingerprint density at radius 3 is 2.79 bits per heavy atom. The van der Waals surface area contributed by atoms with Gasteiger partial charge in [-0.25, -0.2) is 10.4 Å². The molecule has 1 heterocycles. The van der Waals surface area contributed by atoms with E-state index in [1.165, 1.54) is 41.8 Å². The Bertz CT molecular complexity index is 891. The maximum absolute atomic E-state index is 11.9. The molecule has 0 unspecified atom stereocenters. The highest BCUT2D eigenvalue weighted by atomic mass is 79.9. The highest BCUT2D eigenvalue weighted by molar-refractivity contribution is 9.10. The molecule has 0 aliphatic rings. The van der Waals surface area contributed by atoms with Crippen molar-refractivity contribution in [1.82, 2.24) is 10.4 Å². The van der Waals surface area contributed by atoms with Crippen LogP contribution in [0.15, 0.2) is 63.5 Å². The number of aromatic hydroxyl groups is 1. The maximum Gasteiger partial charge on any atom is 0.271 e. The molecule has 0 saturated heterocycles. The molecule has 0 saturated carbocycles. The maximum atomic E-state index is 11.9. The molecule has 2 N–H and O–H groups in total. The van der Waals surface area contributed by atoms with Crippen LogP contribution in [0.2, 0.25) is 0 Å². The first-order valence-electron chi connectivity index (χ1n) is 6.96. The molecule has 3 aromatic rings. The standard InChI is InChI=1S/C17H12BrN3O2S/c18-13-3-1-2-12(8-13)17-20-14(10-24-17)9-19-21-16(23)11-4-6-15(22)7-5-11/h1-10,22H,(H,21,23)/b19-9-. The van der Waals surface area contributed by atoms with Crippen molar-refractivity contribution >= 4 is 39.4 Å². The number of phenolic OH excluding ortho intramolecular Hbond substituents is 1. The van der Waals surface area contributed by atoms with Crippen molar-refractivity contribution in [2.45, 2.75) is 0 Å². The Balaban J connectivity index is 1.65. The number of benzene rings is 2. The first-order valence-corrected chi connectivity index (χ1v) is 8.63. The molecule has 2 aromatic carbocycles. The lowest BCUT2D eigenvalue weighted by molar-refractivity contribution is 0.0955. The third kappa shape index (κ3) is 4.06. The highest BCUT2D eigenvalue weighted by Crippen LogP contribution is 2.25. The van der Waals surface area contributed by atoms with Crippen molar-refractivity contribution in [3.8, 4) is 16.3 Å². The summed E-state index contributed by atoms with van der Waals surface area (Å²) < 4.78 is 0.992. The quantitative estimate of drug-likeness (QED) is 0.511. The first kappa shape index (κ1) is 16.4. The van der Waals surface area contributed by atoms with Crippen molar-refractivity contribution in [1.29, 1.82) is 0 Å². The second-order valence-corrected chi connectivity index (χ2v) is 6.61. The number of thiazole rings is 1. The number of hydrogen-bond acceptors (Lipinski definition) is 5. The van der Waals surface area contributed by atoms with Gasteiger partial charge in [0.1, 0.15) is 10.8 Å². The van der Waals surface area contributed by atoms with E-state index in [1.807, 2.05) is 29.6 Å². The fourth-order valence-corrected chi connectivity index (χ4v) is 3.10. The van der Waals surface area contributed by atoms with Crippen molar-refractivity contribution in [2.24, 2.45) is 5.10 Å². The molecule has 120 valence electrons. The SMILES string of the molecule is O=C(N/N=C\c1csc(-c2cccc(Br)c2)n1)c1ccc(O)cc1. The zero-order chi connectivity index (χ0) is 16.9. The summed E-state index contributed by atoms with van der Waals surface area (Å²) in [5.41, 5.74) is 4.53. The topological polar surface area (TPSA) is 74.6 Å². The molecule has 0 bridgehead atoms. The zero-order valence-corrected chi connectivity index (χ0v) is 14.7. The molecule has 1 aromatic heterocycles. The molecule has 5 nitrogen and oxygen atoms in total. The molecular formula is C17H12BrN3O2S. The Hall–Kier alpha value is -2.51. The fourth-order valence-electron chi connectivity index (χ4n) is 1.93. The number of halogens is 1. The zero-order valence-electron chi connectivity index (χ0n) is 12.3. The number of carbonyl (C=O) groups is 1. The lowest BCUT2D eigenvalue weighted by Gasteiger charge is -1.99. The molecular weight excluding hydrogens is 390 g/mol. The van der Waals surface area contributed by atoms with Gasteiger partial charge in [-0.2, -0.15) is 5.10 Å². The van der Waals surface area contributed by atoms with Gasteiger partial charge in [-0.3, -0.25) is 4.79 Å². The van der Waals surface area contributed by atoms with E-state index >= 15 is 0 Å². The van der Waals surface area contributed by atoms with E-state index in [4.69, 9.17) is 0 Å². The van der Waals surface area contributed by atoms with E-state index in [1.54, 1.807) is 0 Å². The fraction of sp³-hybridized carbons (Fsp3) is 0. The minimum atomic E-state index is -0.353. The minimum absolute atomic E-state index is 0.109. The monoisotopic (exact) mass is 401 g/mol. The average Bonchev–Trinajstić information content (AvgIpc) is 3.04. The molecule has 0 fully saturated rings. The van der Waals surface area contributed by atoms with E-state index in [0.717, 1.165) is 15.0 Å². The van der Waals surface area contributed by atoms with Crippen LogP contribution < -0.4 is 5.43 Å². The summed E-state index contributed by atoms with van der Waals surface area (Å²) in [7, 11) is 0. The van der Waals surface area contributed by atoms with Crippen LogP contribution >= 0.6 is 27.3 Å². The molecule has 0 aliphatic heterocycles. The number of hydrazone groups is 1. The van der Waals surface area contributed by atoms with E-state index in [-0.39, 0.29) is 11.7 Å². The molecule has 3 rings (SSSR count). The molecule has 24 heavy (non-hydrogen) atoms. The van der Waals surface area contributed by atoms with Crippen LogP contribution in [-0.2, 0) is 0 Å². The lowest BCUT2D eigenvalue weighted by atomic mass is 10.2. The van der Waals surface area contributed by atoms with Gasteiger partial charge in [-0.1, -0.05) is 28.1 Å². The van der Waals surface area contributed by atoms with Gasteiger partial charge < -0.3 is 5.11 Å². The van der Waals surface area contributed by atoms with Gasteiger partial charge in [0.05, 0.1) is 11.9 Å². The van der Waals surface area contributed by atoms with E-state index < -0.39 is 0 Å². The van der Waals surface area contributed by atoms with Crippen LogP contribution in [0, 0.1) is 0 Å². The number of rotatable bonds is 4. The third-order valence-electron chi connectivity index (χ3n) is 3.09. The van der Waals surface area contributed by atoms with Gasteiger partial charge >= 0.3 is 0 Å². The van der Waals surface area contributed by atoms with Crippen molar-refractivity contribution < 1.29 is 9.90 Å². The average molecular weight is 402 g/mol. The first-order chi connectivity index (χ1) is 11.6. The lowest BCUT2D eigenvalue weighted by Crippen LogP contribution is -2.17. The summed E-state index contributed by atoms with van der Waals surface area (Å²) in [5, 5.41) is 15.9. The number of nitrogens with one attached hydrogen (secondary N) is 1. The molecule has 7 heteroatoms. The number of carbonyl (C=O) groups excluding carboxylic acids is 1. The number of phenols is 1. The Kier molecular flexibility index (Phi) is 5.02. The molecule has 1 amide bonds. The summed E-state index contributed by atoms with van der Waals surface area (Å²) in [4.78, 5) is 16.3. The summed E-state index contributed by atoms with van der Waals surface area (Å²) in [6, 6.07) is 13.8. The summed E-state index contributed by atoms with van der Waals surface area (Å²) >= 11 is 4.94. The summed E-state index contributed by atoms with van der Waals surface area (Å²) in [6.07, 6.45) is 1.50. The van der Waals surface area contributed by atoms with Gasteiger partial charge in [-0.05, 0) is 36.4 Å². The van der Waals surface area contributed by atoms with Gasteiger partial charge in [0.2, 0.25) is 0 Å². The van der Waals surface area contributed by atoms with Crippen LogP contribution in [0.5, 0.6) is 5.75 Å². The summed E-state index contributed by atoms with van der Waals surface area (Å²) in [6.45, 7) is 0. The molecule has 0 radical (unpaired) electrons. The summed E-state index contributed by atoms with van der Waals surface area (Å²) in [5.74, 6) is -0.244. The van der Waals surface area contributed by atoms with Crippen LogP contribution in [0.4, 0.5) is 0 Å². The Morgan fingerprint density at radius 2 is 2.04 bits per heavy atom. The largest absolute Gasteiger partial charge is 0.508 e. The highest BCUT2D eigenvalue weighted by Gasteiger charge is 2.05. The second-order valence-electron chi connectivity index (χ2n) is 4.83. The van der Waals surface area contributed by atoms with E-state index in [9.17, 15) is 9.90 Å². The Morgan fingerprint density at radius 1 is 1.25 bits per heavy atom. The predicted molar refractivity (Wildman–Crippen MR) is 98.4 cm³/mol. The van der Waals surface area contributed by atoms with Crippen molar-refractivity contribution in [3.63, 3.8) is 0 Å². The van der Waals surface area contributed by atoms with Gasteiger partial charge in [0.25, 0.3) is 5.91 Å². The smallest absolute Gasteiger partial charge is 0.271 e. The number of nitrogens with zero attached hydrogens (tertiary/aromatic N) is 2. The third-order valence-corrected chi connectivity index (χ3v) is 4.49. The van der Waals surface area contributed by atoms with Gasteiger partial charge in [-0.15, -0.1) is 11.3 Å². The normalized spacial score (nSPS) is 10.9. The number of amides is 1. The molecule has 0 atom stereocenters. The second kappa shape index (κ2) is 7.37. The van der Waals surface area contributed by atoms with E-state index in [0.29, 0.717) is 11.3 Å². The van der Waals surface area contributed by atoms with Crippen LogP contribution in [0.3, 0.4) is 0 Å². The minimum Gasteiger partial charge on any atom is -0.508 e. The van der Waals surface area contributed by atoms with E-state index in [2.05, 4.69) is 31.4 Å². The van der Waals surface area contributed by atoms with Gasteiger partial charge in [0.15, 0.2) is 0 Å². The number of aromatic nitrogens is 1. The van der Waals surface area contributed by atoms with Crippen LogP contribution in [0.1, 0.15) is 16.1 Å². The molecule has 0 aliphatic carbocycles. The predicted octanol–water partition coefficient (Wildman–Crippen LogP) is 4.04. The number of hydrogen-bond donors (Lipinski definition) is 2. The van der Waals surface area contributed by atoms with Crippen LogP contribution in [-0.4, -0.2) is 22.2 Å². The van der Waals surface area contributed by atoms with Crippen molar-refractivity contribution in [2.75, 3.05) is 0 Å². The Labute approximate surface area is 150 Å². The van der Waals surface area contributed by atoms with Gasteiger partial charge in [0, 0.05) is 21.0 Å². The molecule has 0 spiro atoms. The van der Waals surface area contributed by atoms with Crippen molar-refractivity contribution in [3.05, 3.63) is 69.6 Å².